The summed E-state index contributed by atoms with van der Waals surface area (Å²) in [5.41, 5.74) is 0. The fraction of sp³-hybridized carbons (Fsp3) is 0.769. The van der Waals surface area contributed by atoms with E-state index in [-0.39, 0.29) is 0 Å². The van der Waals surface area contributed by atoms with E-state index < -0.39 is 0 Å². The zero-order valence-corrected chi connectivity index (χ0v) is 12.5. The molecule has 18 heavy (non-hydrogen) atoms. The number of piperidine rings is 1. The van der Waals surface area contributed by atoms with E-state index in [1.165, 1.54) is 32.4 Å². The topological polar surface area (TPSA) is 24.3 Å². The lowest BCUT2D eigenvalue weighted by molar-refractivity contribution is 0.0522. The van der Waals surface area contributed by atoms with Crippen LogP contribution in [0.5, 0.6) is 0 Å². The lowest BCUT2D eigenvalue weighted by Crippen LogP contribution is -2.53. The molecule has 3 heterocycles. The summed E-state index contributed by atoms with van der Waals surface area (Å²) < 4.78 is 3.17. The summed E-state index contributed by atoms with van der Waals surface area (Å²) in [5.74, 6) is 0. The Morgan fingerprint density at radius 3 is 2.89 bits per heavy atom. The molecular formula is C13H21BrN4. The lowest BCUT2D eigenvalue weighted by atomic mass is 10.00. The predicted octanol–water partition coefficient (Wildman–Crippen LogP) is 1.99. The van der Waals surface area contributed by atoms with Crippen LogP contribution in [-0.4, -0.2) is 58.8 Å². The average molecular weight is 313 g/mol. The number of rotatable bonds is 3. The van der Waals surface area contributed by atoms with Crippen LogP contribution in [0, 0.1) is 0 Å². The van der Waals surface area contributed by atoms with Gasteiger partial charge in [-0.05, 0) is 42.4 Å². The van der Waals surface area contributed by atoms with Gasteiger partial charge in [0.15, 0.2) is 0 Å². The van der Waals surface area contributed by atoms with Gasteiger partial charge in [0.05, 0.1) is 16.7 Å². The Morgan fingerprint density at radius 2 is 2.22 bits per heavy atom. The second kappa shape index (κ2) is 5.31. The maximum absolute atomic E-state index is 4.37. The van der Waals surface area contributed by atoms with Crippen molar-refractivity contribution in [1.29, 1.82) is 0 Å². The van der Waals surface area contributed by atoms with Crippen molar-refractivity contribution in [2.24, 2.45) is 0 Å². The molecule has 0 N–H and O–H groups in total. The maximum atomic E-state index is 4.37. The first kappa shape index (κ1) is 12.6. The quantitative estimate of drug-likeness (QED) is 0.853. The molecule has 1 aromatic rings. The third kappa shape index (κ3) is 2.63. The molecule has 5 heteroatoms. The van der Waals surface area contributed by atoms with E-state index >= 15 is 0 Å². The second-order valence-corrected chi connectivity index (χ2v) is 6.56. The summed E-state index contributed by atoms with van der Waals surface area (Å²) >= 11 is 3.45. The van der Waals surface area contributed by atoms with Gasteiger partial charge in [0.25, 0.3) is 0 Å². The zero-order valence-electron chi connectivity index (χ0n) is 10.9. The molecule has 2 aliphatic heterocycles. The minimum atomic E-state index is 0.574. The van der Waals surface area contributed by atoms with E-state index in [0.717, 1.165) is 23.6 Å². The Morgan fingerprint density at radius 1 is 1.39 bits per heavy atom. The van der Waals surface area contributed by atoms with Crippen molar-refractivity contribution in [2.75, 3.05) is 33.2 Å². The Bertz CT molecular complexity index is 399. The highest BCUT2D eigenvalue weighted by Gasteiger charge is 2.31. The second-order valence-electron chi connectivity index (χ2n) is 5.64. The summed E-state index contributed by atoms with van der Waals surface area (Å²) in [5, 5.41) is 4.37. The van der Waals surface area contributed by atoms with Crippen LogP contribution >= 0.6 is 15.9 Å². The highest BCUT2D eigenvalue weighted by Crippen LogP contribution is 2.24. The number of likely N-dealkylation sites (N-methyl/N-ethyl adjacent to an activating group) is 1. The molecule has 2 fully saturated rings. The number of halogens is 1. The smallest absolute Gasteiger partial charge is 0.0773 e. The minimum Gasteiger partial charge on any atom is -0.302 e. The Hall–Kier alpha value is -0.390. The molecule has 0 saturated carbocycles. The molecule has 1 atom stereocenters. The van der Waals surface area contributed by atoms with Gasteiger partial charge in [-0.25, -0.2) is 0 Å². The number of aromatic nitrogens is 2. The average Bonchev–Trinajstić information content (AvgIpc) is 2.71. The third-order valence-corrected chi connectivity index (χ3v) is 4.68. The molecule has 0 radical (unpaired) electrons. The summed E-state index contributed by atoms with van der Waals surface area (Å²) in [4.78, 5) is 5.09. The van der Waals surface area contributed by atoms with Crippen LogP contribution in [0.1, 0.15) is 25.3 Å². The van der Waals surface area contributed by atoms with Crippen molar-refractivity contribution in [3.05, 3.63) is 16.9 Å². The van der Waals surface area contributed by atoms with Crippen LogP contribution in [0.2, 0.25) is 0 Å². The summed E-state index contributed by atoms with van der Waals surface area (Å²) in [7, 11) is 2.27. The molecule has 0 bridgehead atoms. The van der Waals surface area contributed by atoms with E-state index in [4.69, 9.17) is 0 Å². The Labute approximate surface area is 117 Å². The van der Waals surface area contributed by atoms with Gasteiger partial charge in [-0.15, -0.1) is 0 Å². The van der Waals surface area contributed by atoms with Gasteiger partial charge in [-0.3, -0.25) is 9.58 Å². The van der Waals surface area contributed by atoms with E-state index in [2.05, 4.69) is 48.8 Å². The molecule has 0 aliphatic carbocycles. The number of likely N-dealkylation sites (tertiary alicyclic amines) is 2. The molecule has 2 saturated heterocycles. The van der Waals surface area contributed by atoms with Crippen LogP contribution in [-0.2, 0) is 0 Å². The fourth-order valence-corrected chi connectivity index (χ4v) is 3.35. The van der Waals surface area contributed by atoms with Gasteiger partial charge in [-0.1, -0.05) is 6.42 Å². The fourth-order valence-electron chi connectivity index (χ4n) is 3.05. The molecule has 0 spiro atoms. The summed E-state index contributed by atoms with van der Waals surface area (Å²) in [6.07, 6.45) is 8.09. The van der Waals surface area contributed by atoms with Crippen LogP contribution in [0.3, 0.4) is 0 Å². The normalized spacial score (nSPS) is 27.3. The predicted molar refractivity (Wildman–Crippen MR) is 75.7 cm³/mol. The van der Waals surface area contributed by atoms with Crippen molar-refractivity contribution in [1.82, 2.24) is 19.6 Å². The van der Waals surface area contributed by atoms with Gasteiger partial charge in [0, 0.05) is 31.9 Å². The van der Waals surface area contributed by atoms with Crippen LogP contribution < -0.4 is 0 Å². The number of hydrogen-bond donors (Lipinski definition) is 0. The highest BCUT2D eigenvalue weighted by atomic mass is 79.9. The Balaban J connectivity index is 1.47. The van der Waals surface area contributed by atoms with E-state index in [0.29, 0.717) is 6.04 Å². The first-order valence-corrected chi connectivity index (χ1v) is 7.64. The minimum absolute atomic E-state index is 0.574. The van der Waals surface area contributed by atoms with Crippen molar-refractivity contribution >= 4 is 15.9 Å². The van der Waals surface area contributed by atoms with Crippen molar-refractivity contribution in [3.8, 4) is 0 Å². The lowest BCUT2D eigenvalue weighted by Gasteiger charge is -2.43. The SMILES string of the molecule is CN1CCCCC1CN1CC(n2cc(Br)cn2)C1. The van der Waals surface area contributed by atoms with E-state index in [1.807, 2.05) is 6.20 Å². The summed E-state index contributed by atoms with van der Waals surface area (Å²) in [6, 6.07) is 1.34. The molecule has 0 amide bonds. The molecule has 100 valence electrons. The molecule has 2 aliphatic rings. The van der Waals surface area contributed by atoms with Crippen molar-refractivity contribution < 1.29 is 0 Å². The van der Waals surface area contributed by atoms with Gasteiger partial charge in [-0.2, -0.15) is 5.10 Å². The van der Waals surface area contributed by atoms with Crippen molar-refractivity contribution in [3.63, 3.8) is 0 Å². The van der Waals surface area contributed by atoms with Crippen LogP contribution in [0.15, 0.2) is 16.9 Å². The van der Waals surface area contributed by atoms with Gasteiger partial charge >= 0.3 is 0 Å². The molecule has 3 rings (SSSR count). The van der Waals surface area contributed by atoms with E-state index in [9.17, 15) is 0 Å². The first-order chi connectivity index (χ1) is 8.72. The Kier molecular flexibility index (Phi) is 3.73. The third-order valence-electron chi connectivity index (χ3n) is 4.27. The first-order valence-electron chi connectivity index (χ1n) is 6.84. The zero-order chi connectivity index (χ0) is 12.5. The summed E-state index contributed by atoms with van der Waals surface area (Å²) in [6.45, 7) is 4.81. The molecule has 4 nitrogen and oxygen atoms in total. The monoisotopic (exact) mass is 312 g/mol. The maximum Gasteiger partial charge on any atom is 0.0773 e. The van der Waals surface area contributed by atoms with Gasteiger partial charge in [0.1, 0.15) is 0 Å². The number of hydrogen-bond acceptors (Lipinski definition) is 3. The molecule has 0 aromatic carbocycles. The highest BCUT2D eigenvalue weighted by molar-refractivity contribution is 9.10. The molecule has 1 unspecified atom stereocenters. The number of nitrogens with zero attached hydrogens (tertiary/aromatic N) is 4. The largest absolute Gasteiger partial charge is 0.302 e. The van der Waals surface area contributed by atoms with Gasteiger partial charge in [0.2, 0.25) is 0 Å². The molecule has 1 aromatic heterocycles. The van der Waals surface area contributed by atoms with Crippen LogP contribution in [0.4, 0.5) is 0 Å². The standard InChI is InChI=1S/C13H21BrN4/c1-16-5-3-2-4-12(16)8-17-9-13(10-17)18-7-11(14)6-15-18/h6-7,12-13H,2-5,8-10H2,1H3. The van der Waals surface area contributed by atoms with E-state index in [1.54, 1.807) is 0 Å². The molecular weight excluding hydrogens is 292 g/mol. The van der Waals surface area contributed by atoms with Gasteiger partial charge < -0.3 is 4.90 Å². The van der Waals surface area contributed by atoms with Crippen molar-refractivity contribution in [2.45, 2.75) is 31.3 Å². The van der Waals surface area contributed by atoms with Crippen LogP contribution in [0.25, 0.3) is 0 Å².